The monoisotopic (exact) mass is 576 g/mol. The van der Waals surface area contributed by atoms with E-state index in [-0.39, 0.29) is 44.9 Å². The zero-order chi connectivity index (χ0) is 29.7. The highest BCUT2D eigenvalue weighted by Gasteiger charge is 2.43. The normalized spacial score (nSPS) is 15.2. The highest BCUT2D eigenvalue weighted by Crippen LogP contribution is 2.43. The number of esters is 2. The van der Waals surface area contributed by atoms with Crippen molar-refractivity contribution < 1.29 is 32.2 Å². The van der Waals surface area contributed by atoms with Gasteiger partial charge in [0, 0.05) is 11.8 Å². The summed E-state index contributed by atoms with van der Waals surface area (Å²) in [6.07, 6.45) is 1.14. The summed E-state index contributed by atoms with van der Waals surface area (Å²) in [7, 11) is -0.461. The number of nitrogens with two attached hydrogens (primary N) is 1. The number of allylic oxidation sites excluding steroid dienone is 1. The molecule has 0 fully saturated rings. The molecule has 0 spiro atoms. The number of carbonyl (C=O) groups excluding carboxylic acids is 2. The Labute approximate surface area is 235 Å². The van der Waals surface area contributed by atoms with Crippen LogP contribution < -0.4 is 20.1 Å². The maximum Gasteiger partial charge on any atom is 0.355 e. The molecule has 1 aliphatic rings. The van der Waals surface area contributed by atoms with Gasteiger partial charge in [0.15, 0.2) is 0 Å². The Balaban J connectivity index is 1.84. The summed E-state index contributed by atoms with van der Waals surface area (Å²) < 4.78 is 43.3. The minimum absolute atomic E-state index is 0.0200. The van der Waals surface area contributed by atoms with Gasteiger partial charge >= 0.3 is 11.9 Å². The lowest BCUT2D eigenvalue weighted by atomic mass is 9.81. The largest absolute Gasteiger partial charge is 0.481 e. The first kappa shape index (κ1) is 28.6. The summed E-state index contributed by atoms with van der Waals surface area (Å²) in [5, 5.41) is 10.1. The number of sulfonamides is 1. The van der Waals surface area contributed by atoms with Gasteiger partial charge < -0.3 is 19.9 Å². The summed E-state index contributed by atoms with van der Waals surface area (Å²) in [5.74, 6) is -2.86. The Kier molecular flexibility index (Phi) is 8.20. The van der Waals surface area contributed by atoms with Crippen molar-refractivity contribution in [2.75, 3.05) is 31.0 Å². The zero-order valence-electron chi connectivity index (χ0n) is 22.1. The van der Waals surface area contributed by atoms with Gasteiger partial charge in [0.05, 0.1) is 49.4 Å². The SMILES string of the molecule is COC(=O)C1=C(C(=O)OC)N(c2ccc(S(=O)(=O)Nc3cc(OC)ncn3)cc2)C(N)=C(C#N)C1c1ccccc1. The number of benzene rings is 2. The first-order chi connectivity index (χ1) is 19.7. The second-order valence-electron chi connectivity index (χ2n) is 8.38. The topological polar surface area (TPSA) is 187 Å². The molecule has 3 aromatic rings. The Morgan fingerprint density at radius 1 is 1.00 bits per heavy atom. The van der Waals surface area contributed by atoms with Crippen molar-refractivity contribution in [2.24, 2.45) is 5.73 Å². The van der Waals surface area contributed by atoms with Gasteiger partial charge in [-0.15, -0.1) is 0 Å². The van der Waals surface area contributed by atoms with E-state index >= 15 is 0 Å². The predicted molar refractivity (Wildman–Crippen MR) is 145 cm³/mol. The number of anilines is 2. The summed E-state index contributed by atoms with van der Waals surface area (Å²) in [6.45, 7) is 0. The molecule has 0 saturated heterocycles. The Morgan fingerprint density at radius 3 is 2.24 bits per heavy atom. The van der Waals surface area contributed by atoms with Crippen LogP contribution in [0.15, 0.2) is 94.6 Å². The lowest BCUT2D eigenvalue weighted by Crippen LogP contribution is -2.40. The zero-order valence-corrected chi connectivity index (χ0v) is 22.9. The molecule has 2 heterocycles. The fourth-order valence-corrected chi connectivity index (χ4v) is 5.26. The quantitative estimate of drug-likeness (QED) is 0.373. The molecule has 0 aliphatic carbocycles. The van der Waals surface area contributed by atoms with Gasteiger partial charge in [-0.3, -0.25) is 9.62 Å². The molecule has 14 heteroatoms. The van der Waals surface area contributed by atoms with E-state index in [2.05, 4.69) is 20.8 Å². The van der Waals surface area contributed by atoms with E-state index in [4.69, 9.17) is 19.9 Å². The second-order valence-corrected chi connectivity index (χ2v) is 10.1. The van der Waals surface area contributed by atoms with Crippen LogP contribution in [-0.2, 0) is 29.1 Å². The number of nitriles is 1. The lowest BCUT2D eigenvalue weighted by Gasteiger charge is -2.35. The number of methoxy groups -OCH3 is 3. The lowest BCUT2D eigenvalue weighted by molar-refractivity contribution is -0.139. The number of rotatable bonds is 8. The number of ether oxygens (including phenoxy) is 3. The Morgan fingerprint density at radius 2 is 1.66 bits per heavy atom. The van der Waals surface area contributed by atoms with Crippen LogP contribution in [0.1, 0.15) is 11.5 Å². The van der Waals surface area contributed by atoms with Crippen LogP contribution in [-0.4, -0.2) is 51.7 Å². The van der Waals surface area contributed by atoms with Crippen LogP contribution in [0.5, 0.6) is 5.88 Å². The molecule has 0 saturated carbocycles. The van der Waals surface area contributed by atoms with Gasteiger partial charge in [0.2, 0.25) is 5.88 Å². The fourth-order valence-electron chi connectivity index (χ4n) is 4.26. The van der Waals surface area contributed by atoms with Gasteiger partial charge in [-0.25, -0.2) is 28.0 Å². The maximum absolute atomic E-state index is 13.2. The Bertz CT molecular complexity index is 1700. The third kappa shape index (κ3) is 5.52. The van der Waals surface area contributed by atoms with E-state index in [1.807, 2.05) is 0 Å². The van der Waals surface area contributed by atoms with E-state index in [1.165, 1.54) is 37.4 Å². The molecular weight excluding hydrogens is 552 g/mol. The van der Waals surface area contributed by atoms with E-state index in [0.29, 0.717) is 5.56 Å². The predicted octanol–water partition coefficient (Wildman–Crippen LogP) is 2.18. The van der Waals surface area contributed by atoms with E-state index in [9.17, 15) is 23.3 Å². The molecule has 3 N–H and O–H groups in total. The number of carbonyl (C=O) groups is 2. The van der Waals surface area contributed by atoms with Gasteiger partial charge in [0.1, 0.15) is 23.7 Å². The molecule has 1 aromatic heterocycles. The van der Waals surface area contributed by atoms with Crippen LogP contribution in [0, 0.1) is 11.3 Å². The van der Waals surface area contributed by atoms with Crippen molar-refractivity contribution in [1.82, 2.24) is 9.97 Å². The van der Waals surface area contributed by atoms with Crippen LogP contribution in [0.25, 0.3) is 0 Å². The summed E-state index contributed by atoms with van der Waals surface area (Å²) in [6, 6.07) is 17.1. The molecule has 13 nitrogen and oxygen atoms in total. The van der Waals surface area contributed by atoms with Crippen molar-refractivity contribution >= 4 is 33.5 Å². The number of aromatic nitrogens is 2. The van der Waals surface area contributed by atoms with Crippen molar-refractivity contribution in [3.05, 3.63) is 95.2 Å². The van der Waals surface area contributed by atoms with Gasteiger partial charge in [-0.2, -0.15) is 5.26 Å². The number of hydrogen-bond acceptors (Lipinski definition) is 12. The van der Waals surface area contributed by atoms with Gasteiger partial charge in [-0.05, 0) is 29.8 Å². The van der Waals surface area contributed by atoms with Crippen molar-refractivity contribution in [3.8, 4) is 11.9 Å². The minimum atomic E-state index is -4.11. The minimum Gasteiger partial charge on any atom is -0.481 e. The van der Waals surface area contributed by atoms with Crippen LogP contribution in [0.2, 0.25) is 0 Å². The van der Waals surface area contributed by atoms with Crippen LogP contribution >= 0.6 is 0 Å². The molecule has 0 amide bonds. The molecule has 0 radical (unpaired) electrons. The maximum atomic E-state index is 13.2. The first-order valence-corrected chi connectivity index (χ1v) is 13.3. The van der Waals surface area contributed by atoms with Crippen LogP contribution in [0.4, 0.5) is 11.5 Å². The molecule has 4 rings (SSSR count). The molecule has 2 aromatic carbocycles. The van der Waals surface area contributed by atoms with E-state index in [1.54, 1.807) is 30.3 Å². The molecule has 0 bridgehead atoms. The standard InChI is InChI=1S/C27H24N6O7S/c1-38-21-13-20(30-15-31-21)32-41(36,37)18-11-9-17(10-12-18)33-24(27(35)40-3)23(26(34)39-2)22(19(14-28)25(33)29)16-7-5-4-6-8-16/h4-13,15,22H,29H2,1-3H3,(H,30,31,32). The molecule has 41 heavy (non-hydrogen) atoms. The Hall–Kier alpha value is -5.42. The summed E-state index contributed by atoms with van der Waals surface area (Å²) in [5.41, 5.74) is 6.67. The van der Waals surface area contributed by atoms with Crippen LogP contribution in [0.3, 0.4) is 0 Å². The van der Waals surface area contributed by atoms with Gasteiger partial charge in [-0.1, -0.05) is 30.3 Å². The van der Waals surface area contributed by atoms with E-state index < -0.39 is 27.9 Å². The van der Waals surface area contributed by atoms with Crippen molar-refractivity contribution in [3.63, 3.8) is 0 Å². The number of hydrogen-bond donors (Lipinski definition) is 2. The smallest absolute Gasteiger partial charge is 0.355 e. The highest BCUT2D eigenvalue weighted by molar-refractivity contribution is 7.92. The molecular formula is C27H24N6O7S. The molecule has 1 aliphatic heterocycles. The first-order valence-electron chi connectivity index (χ1n) is 11.8. The number of nitrogens with one attached hydrogen (secondary N) is 1. The van der Waals surface area contributed by atoms with Gasteiger partial charge in [0.25, 0.3) is 10.0 Å². The summed E-state index contributed by atoms with van der Waals surface area (Å²) in [4.78, 5) is 35.0. The van der Waals surface area contributed by atoms with E-state index in [0.717, 1.165) is 25.4 Å². The average molecular weight is 577 g/mol. The van der Waals surface area contributed by atoms with Crippen molar-refractivity contribution in [2.45, 2.75) is 10.8 Å². The summed E-state index contributed by atoms with van der Waals surface area (Å²) >= 11 is 0. The third-order valence-electron chi connectivity index (χ3n) is 6.11. The fraction of sp³-hybridized carbons (Fsp3) is 0.148. The average Bonchev–Trinajstić information content (AvgIpc) is 3.00. The second kappa shape index (κ2) is 11.8. The number of nitrogens with zero attached hydrogens (tertiary/aromatic N) is 4. The highest BCUT2D eigenvalue weighted by atomic mass is 32.2. The third-order valence-corrected chi connectivity index (χ3v) is 7.48. The molecule has 1 atom stereocenters. The molecule has 210 valence electrons. The van der Waals surface area contributed by atoms with Crippen molar-refractivity contribution in [1.29, 1.82) is 5.26 Å². The molecule has 1 unspecified atom stereocenters.